The van der Waals surface area contributed by atoms with Gasteiger partial charge in [0.15, 0.2) is 0 Å². The van der Waals surface area contributed by atoms with E-state index in [0.29, 0.717) is 12.2 Å². The number of hydrogen-bond donors (Lipinski definition) is 2. The minimum absolute atomic E-state index is 0.0514. The number of methoxy groups -OCH3 is 1. The highest BCUT2D eigenvalue weighted by Crippen LogP contribution is 2.35. The maximum atomic E-state index is 10.5. The number of carbonyl (C=O) groups is 1. The minimum atomic E-state index is -0.842. The number of hydrogen-bond acceptors (Lipinski definition) is 3. The molecular weight excluding hydrogens is 286 g/mol. The molecule has 1 rings (SSSR count). The number of rotatable bonds is 5. The number of nitrogens with two attached hydrogens (primary N) is 1. The molecule has 1 atom stereocenters. The van der Waals surface area contributed by atoms with Gasteiger partial charge in [0.2, 0.25) is 0 Å². The summed E-state index contributed by atoms with van der Waals surface area (Å²) in [6.45, 7) is 1.96. The fourth-order valence-electron chi connectivity index (χ4n) is 1.60. The zero-order valence-electron chi connectivity index (χ0n) is 9.87. The number of aryl methyl sites for hydroxylation is 1. The lowest BCUT2D eigenvalue weighted by molar-refractivity contribution is -0.137. The molecule has 3 N–H and O–H groups in total. The van der Waals surface area contributed by atoms with Crippen molar-refractivity contribution in [1.29, 1.82) is 0 Å². The maximum Gasteiger partial charge on any atom is 0.303 e. The van der Waals surface area contributed by atoms with Crippen LogP contribution in [0, 0.1) is 6.92 Å². The van der Waals surface area contributed by atoms with Gasteiger partial charge >= 0.3 is 5.97 Å². The molecule has 17 heavy (non-hydrogen) atoms. The molecule has 0 heterocycles. The Labute approximate surface area is 109 Å². The van der Waals surface area contributed by atoms with E-state index in [1.165, 1.54) is 0 Å². The Kier molecular flexibility index (Phi) is 4.96. The Morgan fingerprint density at radius 2 is 2.24 bits per heavy atom. The molecule has 94 valence electrons. The van der Waals surface area contributed by atoms with E-state index in [-0.39, 0.29) is 12.5 Å². The Hall–Kier alpha value is -1.07. The van der Waals surface area contributed by atoms with Gasteiger partial charge in [-0.1, -0.05) is 12.1 Å². The summed E-state index contributed by atoms with van der Waals surface area (Å²) in [5, 5.41) is 8.64. The lowest BCUT2D eigenvalue weighted by Gasteiger charge is -2.17. The minimum Gasteiger partial charge on any atom is -0.495 e. The first-order valence-corrected chi connectivity index (χ1v) is 6.07. The van der Waals surface area contributed by atoms with Gasteiger partial charge in [0.1, 0.15) is 5.75 Å². The number of carboxylic acids is 1. The molecule has 0 bridgehead atoms. The van der Waals surface area contributed by atoms with Crippen LogP contribution >= 0.6 is 15.9 Å². The third kappa shape index (κ3) is 3.44. The molecule has 1 unspecified atom stereocenters. The van der Waals surface area contributed by atoms with Crippen LogP contribution in [-0.4, -0.2) is 18.2 Å². The Morgan fingerprint density at radius 1 is 1.59 bits per heavy atom. The van der Waals surface area contributed by atoms with Crippen molar-refractivity contribution < 1.29 is 14.6 Å². The van der Waals surface area contributed by atoms with Crippen molar-refractivity contribution in [2.24, 2.45) is 5.73 Å². The van der Waals surface area contributed by atoms with Gasteiger partial charge in [-0.3, -0.25) is 4.79 Å². The standard InChI is InChI=1S/C12H16BrNO3/c1-7-3-4-8(12(17-2)11(7)13)9(14)5-6-10(15)16/h3-4,9H,5-6,14H2,1-2H3,(H,15,16). The van der Waals surface area contributed by atoms with E-state index in [1.54, 1.807) is 7.11 Å². The maximum absolute atomic E-state index is 10.5. The number of ether oxygens (including phenoxy) is 1. The average molecular weight is 302 g/mol. The zero-order chi connectivity index (χ0) is 13.0. The van der Waals surface area contributed by atoms with E-state index < -0.39 is 5.97 Å². The monoisotopic (exact) mass is 301 g/mol. The first kappa shape index (κ1) is 14.0. The molecular formula is C12H16BrNO3. The first-order valence-electron chi connectivity index (χ1n) is 5.27. The first-order chi connectivity index (χ1) is 7.97. The van der Waals surface area contributed by atoms with Gasteiger partial charge in [-0.05, 0) is 34.8 Å². The van der Waals surface area contributed by atoms with Gasteiger partial charge in [0, 0.05) is 18.0 Å². The van der Waals surface area contributed by atoms with Crippen LogP contribution in [0.3, 0.4) is 0 Å². The zero-order valence-corrected chi connectivity index (χ0v) is 11.5. The van der Waals surface area contributed by atoms with Crippen LogP contribution < -0.4 is 10.5 Å². The highest BCUT2D eigenvalue weighted by atomic mass is 79.9. The van der Waals surface area contributed by atoms with Gasteiger partial charge in [0.05, 0.1) is 11.6 Å². The van der Waals surface area contributed by atoms with Crippen molar-refractivity contribution in [3.8, 4) is 5.75 Å². The van der Waals surface area contributed by atoms with Crippen molar-refractivity contribution in [3.63, 3.8) is 0 Å². The summed E-state index contributed by atoms with van der Waals surface area (Å²) in [6, 6.07) is 3.48. The summed E-state index contributed by atoms with van der Waals surface area (Å²) in [5.74, 6) is -0.159. The topological polar surface area (TPSA) is 72.5 Å². The van der Waals surface area contributed by atoms with Crippen LogP contribution in [0.5, 0.6) is 5.75 Å². The molecule has 0 fully saturated rings. The molecule has 0 aromatic heterocycles. The molecule has 1 aromatic carbocycles. The second-order valence-corrected chi connectivity index (χ2v) is 4.65. The molecule has 0 amide bonds. The summed E-state index contributed by atoms with van der Waals surface area (Å²) in [4.78, 5) is 10.5. The van der Waals surface area contributed by atoms with Crippen molar-refractivity contribution in [3.05, 3.63) is 27.7 Å². The quantitative estimate of drug-likeness (QED) is 0.877. The number of benzene rings is 1. The highest BCUT2D eigenvalue weighted by Gasteiger charge is 2.16. The molecule has 0 saturated heterocycles. The van der Waals surface area contributed by atoms with Crippen molar-refractivity contribution in [1.82, 2.24) is 0 Å². The molecule has 0 radical (unpaired) electrons. The highest BCUT2D eigenvalue weighted by molar-refractivity contribution is 9.10. The number of aliphatic carboxylic acids is 1. The Bertz CT molecular complexity index is 420. The van der Waals surface area contributed by atoms with E-state index in [0.717, 1.165) is 15.6 Å². The van der Waals surface area contributed by atoms with Crippen LogP contribution in [0.2, 0.25) is 0 Å². The van der Waals surface area contributed by atoms with Crippen LogP contribution in [0.15, 0.2) is 16.6 Å². The Balaban J connectivity index is 2.97. The molecule has 4 nitrogen and oxygen atoms in total. The third-order valence-corrected chi connectivity index (χ3v) is 3.58. The predicted octanol–water partition coefficient (Wildman–Crippen LogP) is 2.63. The van der Waals surface area contributed by atoms with Gasteiger partial charge < -0.3 is 15.6 Å². The van der Waals surface area contributed by atoms with E-state index in [2.05, 4.69) is 15.9 Å². The van der Waals surface area contributed by atoms with Crippen LogP contribution in [0.25, 0.3) is 0 Å². The Morgan fingerprint density at radius 3 is 2.76 bits per heavy atom. The predicted molar refractivity (Wildman–Crippen MR) is 69.2 cm³/mol. The summed E-state index contributed by atoms with van der Waals surface area (Å²) in [6.07, 6.45) is 0.441. The molecule has 0 aliphatic carbocycles. The largest absolute Gasteiger partial charge is 0.495 e. The smallest absolute Gasteiger partial charge is 0.303 e. The molecule has 5 heteroatoms. The molecule has 0 saturated carbocycles. The lowest BCUT2D eigenvalue weighted by Crippen LogP contribution is -2.13. The summed E-state index contributed by atoms with van der Waals surface area (Å²) >= 11 is 3.44. The van der Waals surface area contributed by atoms with Gasteiger partial charge in [-0.2, -0.15) is 0 Å². The van der Waals surface area contributed by atoms with Crippen molar-refractivity contribution in [2.75, 3.05) is 7.11 Å². The molecule has 0 spiro atoms. The summed E-state index contributed by atoms with van der Waals surface area (Å²) < 4.78 is 6.17. The number of halogens is 1. The van der Waals surface area contributed by atoms with Crippen molar-refractivity contribution in [2.45, 2.75) is 25.8 Å². The SMILES string of the molecule is COc1c(C(N)CCC(=O)O)ccc(C)c1Br. The van der Waals surface area contributed by atoms with Gasteiger partial charge in [0.25, 0.3) is 0 Å². The molecule has 0 aliphatic rings. The van der Waals surface area contributed by atoms with Gasteiger partial charge in [-0.15, -0.1) is 0 Å². The summed E-state index contributed by atoms with van der Waals surface area (Å²) in [7, 11) is 1.58. The van der Waals surface area contributed by atoms with Crippen LogP contribution in [0.1, 0.15) is 30.0 Å². The summed E-state index contributed by atoms with van der Waals surface area (Å²) in [5.41, 5.74) is 7.85. The van der Waals surface area contributed by atoms with Crippen LogP contribution in [0.4, 0.5) is 0 Å². The van der Waals surface area contributed by atoms with E-state index in [1.807, 2.05) is 19.1 Å². The van der Waals surface area contributed by atoms with Gasteiger partial charge in [-0.25, -0.2) is 0 Å². The fourth-order valence-corrected chi connectivity index (χ4v) is 2.13. The molecule has 0 aliphatic heterocycles. The van der Waals surface area contributed by atoms with E-state index >= 15 is 0 Å². The fraction of sp³-hybridized carbons (Fsp3) is 0.417. The van der Waals surface area contributed by atoms with Crippen molar-refractivity contribution >= 4 is 21.9 Å². The second kappa shape index (κ2) is 6.02. The third-order valence-electron chi connectivity index (χ3n) is 2.59. The normalized spacial score (nSPS) is 12.2. The molecule has 1 aromatic rings. The second-order valence-electron chi connectivity index (χ2n) is 3.86. The van der Waals surface area contributed by atoms with E-state index in [4.69, 9.17) is 15.6 Å². The number of carboxylic acid groups (broad SMARTS) is 1. The average Bonchev–Trinajstić information content (AvgIpc) is 2.29. The van der Waals surface area contributed by atoms with Crippen LogP contribution in [-0.2, 0) is 4.79 Å². The van der Waals surface area contributed by atoms with E-state index in [9.17, 15) is 4.79 Å². The lowest BCUT2D eigenvalue weighted by atomic mass is 10.0.